The fourth-order valence-corrected chi connectivity index (χ4v) is 6.14. The molecular formula is C37H54N2. The number of rotatable bonds is 20. The second kappa shape index (κ2) is 17.8. The number of nitrogens with two attached hydrogens (primary N) is 2. The Morgan fingerprint density at radius 2 is 0.795 bits per heavy atom. The molecule has 2 nitrogen and oxygen atoms in total. The third kappa shape index (κ3) is 12.3. The number of anilines is 2. The first-order valence-corrected chi connectivity index (χ1v) is 15.8. The number of hydrogen-bond acceptors (Lipinski definition) is 2. The molecule has 0 fully saturated rings. The Morgan fingerprint density at radius 1 is 0.436 bits per heavy atom. The summed E-state index contributed by atoms with van der Waals surface area (Å²) >= 11 is 0. The van der Waals surface area contributed by atoms with Gasteiger partial charge in [-0.1, -0.05) is 145 Å². The maximum absolute atomic E-state index is 6.03. The van der Waals surface area contributed by atoms with Gasteiger partial charge in [0.25, 0.3) is 0 Å². The third-order valence-corrected chi connectivity index (χ3v) is 8.35. The molecule has 0 heterocycles. The molecule has 4 N–H and O–H groups in total. The van der Waals surface area contributed by atoms with E-state index in [0.29, 0.717) is 0 Å². The molecule has 0 saturated carbocycles. The highest BCUT2D eigenvalue weighted by Crippen LogP contribution is 2.38. The van der Waals surface area contributed by atoms with Gasteiger partial charge in [0.2, 0.25) is 0 Å². The molecule has 212 valence electrons. The van der Waals surface area contributed by atoms with E-state index < -0.39 is 0 Å². The molecule has 39 heavy (non-hydrogen) atoms. The number of hydrogen-bond donors (Lipinski definition) is 2. The molecule has 0 spiro atoms. The van der Waals surface area contributed by atoms with E-state index in [1.807, 2.05) is 0 Å². The van der Waals surface area contributed by atoms with E-state index in [1.165, 1.54) is 107 Å². The first-order chi connectivity index (χ1) is 19.1. The summed E-state index contributed by atoms with van der Waals surface area (Å²) in [7, 11) is 0. The summed E-state index contributed by atoms with van der Waals surface area (Å²) in [5.41, 5.74) is 18.1. The minimum atomic E-state index is 0.158. The average Bonchev–Trinajstić information content (AvgIpc) is 2.94. The standard InChI is InChI=1S/C37H54N2/c1-2-3-4-5-6-7-8-9-10-11-12-13-17-28-37(29-32-18-15-14-16-19-32,30-33-20-24-35(38)25-21-33)31-34-22-26-36(39)27-23-34/h14-16,18-27H,2-13,17,28-31,38-39H2,1H3. The summed E-state index contributed by atoms with van der Waals surface area (Å²) in [6.07, 6.45) is 22.5. The van der Waals surface area contributed by atoms with Crippen LogP contribution in [0.5, 0.6) is 0 Å². The maximum Gasteiger partial charge on any atom is 0.0314 e. The molecule has 0 saturated heterocycles. The monoisotopic (exact) mass is 526 g/mol. The van der Waals surface area contributed by atoms with E-state index in [9.17, 15) is 0 Å². The van der Waals surface area contributed by atoms with E-state index in [-0.39, 0.29) is 5.41 Å². The Hall–Kier alpha value is -2.74. The highest BCUT2D eigenvalue weighted by atomic mass is 14.5. The van der Waals surface area contributed by atoms with Crippen molar-refractivity contribution in [1.29, 1.82) is 0 Å². The van der Waals surface area contributed by atoms with Gasteiger partial charge in [-0.15, -0.1) is 0 Å². The third-order valence-electron chi connectivity index (χ3n) is 8.35. The predicted molar refractivity (Wildman–Crippen MR) is 172 cm³/mol. The Kier molecular flexibility index (Phi) is 14.0. The van der Waals surface area contributed by atoms with Crippen LogP contribution in [0, 0.1) is 5.41 Å². The molecule has 2 heteroatoms. The van der Waals surface area contributed by atoms with E-state index in [2.05, 4.69) is 85.8 Å². The predicted octanol–water partition coefficient (Wildman–Crippen LogP) is 10.3. The second-order valence-corrected chi connectivity index (χ2v) is 12.0. The molecule has 0 aromatic heterocycles. The van der Waals surface area contributed by atoms with Gasteiger partial charge in [-0.05, 0) is 72.1 Å². The van der Waals surface area contributed by atoms with E-state index in [0.717, 1.165) is 30.6 Å². The number of unbranched alkanes of at least 4 members (excludes halogenated alkanes) is 12. The van der Waals surface area contributed by atoms with Crippen LogP contribution in [-0.2, 0) is 19.3 Å². The fourth-order valence-electron chi connectivity index (χ4n) is 6.14. The van der Waals surface area contributed by atoms with Gasteiger partial charge < -0.3 is 11.5 Å². The lowest BCUT2D eigenvalue weighted by Crippen LogP contribution is -2.30. The Labute approximate surface area is 239 Å². The summed E-state index contributed by atoms with van der Waals surface area (Å²) in [6.45, 7) is 2.29. The van der Waals surface area contributed by atoms with Crippen LogP contribution in [0.3, 0.4) is 0 Å². The summed E-state index contributed by atoms with van der Waals surface area (Å²) in [5.74, 6) is 0. The van der Waals surface area contributed by atoms with Gasteiger partial charge in [0.1, 0.15) is 0 Å². The second-order valence-electron chi connectivity index (χ2n) is 12.0. The summed E-state index contributed by atoms with van der Waals surface area (Å²) in [5, 5.41) is 0. The molecule has 0 bridgehead atoms. The molecule has 3 aromatic rings. The minimum Gasteiger partial charge on any atom is -0.399 e. The van der Waals surface area contributed by atoms with Gasteiger partial charge in [0.15, 0.2) is 0 Å². The zero-order valence-electron chi connectivity index (χ0n) is 24.7. The van der Waals surface area contributed by atoms with Crippen molar-refractivity contribution in [3.8, 4) is 0 Å². The summed E-state index contributed by atoms with van der Waals surface area (Å²) in [6, 6.07) is 28.2. The molecule has 0 aliphatic rings. The van der Waals surface area contributed by atoms with Crippen molar-refractivity contribution in [3.63, 3.8) is 0 Å². The van der Waals surface area contributed by atoms with E-state index in [1.54, 1.807) is 0 Å². The maximum atomic E-state index is 6.03. The van der Waals surface area contributed by atoms with Crippen molar-refractivity contribution >= 4 is 11.4 Å². The van der Waals surface area contributed by atoms with Crippen molar-refractivity contribution in [2.45, 2.75) is 116 Å². The lowest BCUT2D eigenvalue weighted by atomic mass is 9.69. The molecule has 0 aliphatic heterocycles. The van der Waals surface area contributed by atoms with Gasteiger partial charge in [-0.3, -0.25) is 0 Å². The van der Waals surface area contributed by atoms with Crippen LogP contribution in [0.15, 0.2) is 78.9 Å². The zero-order valence-corrected chi connectivity index (χ0v) is 24.7. The number of nitrogen functional groups attached to an aromatic ring is 2. The van der Waals surface area contributed by atoms with Crippen molar-refractivity contribution < 1.29 is 0 Å². The lowest BCUT2D eigenvalue weighted by molar-refractivity contribution is 0.243. The zero-order chi connectivity index (χ0) is 27.6. The van der Waals surface area contributed by atoms with Crippen molar-refractivity contribution in [2.24, 2.45) is 5.41 Å². The molecule has 0 aliphatic carbocycles. The van der Waals surface area contributed by atoms with Crippen LogP contribution < -0.4 is 11.5 Å². The van der Waals surface area contributed by atoms with E-state index in [4.69, 9.17) is 11.5 Å². The normalized spacial score (nSPS) is 11.6. The smallest absolute Gasteiger partial charge is 0.0314 e. The Balaban J connectivity index is 1.58. The largest absolute Gasteiger partial charge is 0.399 e. The Morgan fingerprint density at radius 3 is 1.21 bits per heavy atom. The summed E-state index contributed by atoms with van der Waals surface area (Å²) in [4.78, 5) is 0. The van der Waals surface area contributed by atoms with Gasteiger partial charge in [-0.2, -0.15) is 0 Å². The van der Waals surface area contributed by atoms with Crippen molar-refractivity contribution in [3.05, 3.63) is 95.6 Å². The Bertz CT molecular complexity index is 960. The molecular weight excluding hydrogens is 472 g/mol. The van der Waals surface area contributed by atoms with Gasteiger partial charge in [0, 0.05) is 11.4 Å². The molecule has 3 rings (SSSR count). The van der Waals surface area contributed by atoms with Crippen molar-refractivity contribution in [2.75, 3.05) is 11.5 Å². The van der Waals surface area contributed by atoms with Gasteiger partial charge in [-0.25, -0.2) is 0 Å². The minimum absolute atomic E-state index is 0.158. The van der Waals surface area contributed by atoms with Gasteiger partial charge >= 0.3 is 0 Å². The molecule has 0 radical (unpaired) electrons. The SMILES string of the molecule is CCCCCCCCCCCCCCCC(Cc1ccccc1)(Cc1ccc(N)cc1)Cc1ccc(N)cc1. The lowest BCUT2D eigenvalue weighted by Gasteiger charge is -2.35. The first-order valence-electron chi connectivity index (χ1n) is 15.8. The molecule has 3 aromatic carbocycles. The van der Waals surface area contributed by atoms with Crippen LogP contribution in [0.25, 0.3) is 0 Å². The molecule has 0 amide bonds. The molecule has 0 unspecified atom stereocenters. The van der Waals surface area contributed by atoms with Crippen LogP contribution in [0.2, 0.25) is 0 Å². The average molecular weight is 527 g/mol. The highest BCUT2D eigenvalue weighted by molar-refractivity contribution is 5.41. The first kappa shape index (κ1) is 30.8. The quantitative estimate of drug-likeness (QED) is 0.114. The van der Waals surface area contributed by atoms with Crippen LogP contribution >= 0.6 is 0 Å². The topological polar surface area (TPSA) is 52.0 Å². The van der Waals surface area contributed by atoms with Gasteiger partial charge in [0.05, 0.1) is 0 Å². The fraction of sp³-hybridized carbons (Fsp3) is 0.514. The van der Waals surface area contributed by atoms with Crippen molar-refractivity contribution in [1.82, 2.24) is 0 Å². The number of benzene rings is 3. The van der Waals surface area contributed by atoms with E-state index >= 15 is 0 Å². The van der Waals surface area contributed by atoms with Crippen LogP contribution in [-0.4, -0.2) is 0 Å². The molecule has 0 atom stereocenters. The highest BCUT2D eigenvalue weighted by Gasteiger charge is 2.31. The van der Waals surface area contributed by atoms with Crippen LogP contribution in [0.4, 0.5) is 11.4 Å². The summed E-state index contributed by atoms with van der Waals surface area (Å²) < 4.78 is 0. The van der Waals surface area contributed by atoms with Crippen LogP contribution in [0.1, 0.15) is 114 Å².